The minimum atomic E-state index is -4.78. The van der Waals surface area contributed by atoms with Crippen LogP contribution in [-0.4, -0.2) is 12.1 Å². The van der Waals surface area contributed by atoms with Crippen molar-refractivity contribution < 1.29 is 92.6 Å². The van der Waals surface area contributed by atoms with Gasteiger partial charge >= 0.3 is 0 Å². The lowest BCUT2D eigenvalue weighted by Crippen LogP contribution is -2.49. The lowest BCUT2D eigenvalue weighted by molar-refractivity contribution is -0.114. The molecule has 0 aliphatic rings. The van der Waals surface area contributed by atoms with E-state index in [2.05, 4.69) is 17.9 Å². The summed E-state index contributed by atoms with van der Waals surface area (Å²) in [7, 11) is 0. The van der Waals surface area contributed by atoms with E-state index in [9.17, 15) is 92.6 Å². The summed E-state index contributed by atoms with van der Waals surface area (Å²) in [6.07, 6.45) is -13.9. The van der Waals surface area contributed by atoms with Gasteiger partial charge in [0.2, 0.25) is 29.2 Å². The van der Waals surface area contributed by atoms with Crippen molar-refractivity contribution in [3.63, 3.8) is 0 Å². The van der Waals surface area contributed by atoms with Crippen LogP contribution in [0.15, 0.2) is 29.2 Å². The minimum absolute atomic E-state index is 0.0493. The van der Waals surface area contributed by atoms with Gasteiger partial charge in [-0.15, -0.1) is 25.3 Å². The number of benzene rings is 5. The highest BCUT2D eigenvalue weighted by atomic mass is 32.1. The molecule has 5 rings (SSSR count). The Kier molecular flexibility index (Phi) is 14.2. The van der Waals surface area contributed by atoms with Gasteiger partial charge in [0.05, 0.1) is 0 Å². The summed E-state index contributed by atoms with van der Waals surface area (Å²) < 4.78 is 288. The second-order valence-electron chi connectivity index (χ2n) is 13.0. The number of halogens is 20. The molecule has 0 bridgehead atoms. The number of nitrogens with one attached hydrogen (secondary N) is 1. The summed E-state index contributed by atoms with van der Waals surface area (Å²) in [4.78, 5) is 11.6. The van der Waals surface area contributed by atoms with Crippen LogP contribution in [0.25, 0.3) is 0 Å². The molecule has 0 fully saturated rings. The number of carbonyl (C=O) groups is 1. The predicted molar refractivity (Wildman–Crippen MR) is 175 cm³/mol. The smallest absolute Gasteiger partial charge is 0.221 e. The van der Waals surface area contributed by atoms with Gasteiger partial charge in [0.1, 0.15) is 4.90 Å². The van der Waals surface area contributed by atoms with Gasteiger partial charge in [-0.3, -0.25) is 4.79 Å². The summed E-state index contributed by atoms with van der Waals surface area (Å²) in [5.41, 5.74) is -8.15. The first-order valence-corrected chi connectivity index (χ1v) is 16.6. The van der Waals surface area contributed by atoms with Crippen molar-refractivity contribution in [2.45, 2.75) is 37.1 Å². The Morgan fingerprint density at radius 2 is 0.567 bits per heavy atom. The van der Waals surface area contributed by atoms with Gasteiger partial charge in [0, 0.05) is 18.8 Å². The average Bonchev–Trinajstić information content (AvgIpc) is 3.22. The molecule has 0 aromatic heterocycles. The summed E-state index contributed by atoms with van der Waals surface area (Å²) in [6.45, 7) is 1.49. The lowest BCUT2D eigenvalue weighted by atomic mass is 9.16. The molecule has 24 heteroatoms. The van der Waals surface area contributed by atoms with Crippen molar-refractivity contribution in [3.8, 4) is 0 Å². The van der Waals surface area contributed by atoms with Crippen LogP contribution in [0.3, 0.4) is 0 Å². The highest BCUT2D eigenvalue weighted by molar-refractivity contribution is 7.58. The number of rotatable bonds is 9. The van der Waals surface area contributed by atoms with Gasteiger partial charge in [-0.05, 0) is 59.1 Å². The van der Waals surface area contributed by atoms with Gasteiger partial charge in [-0.25, -0.2) is 87.8 Å². The van der Waals surface area contributed by atoms with E-state index in [1.165, 1.54) is 6.92 Å². The maximum atomic E-state index is 14.9. The number of carbonyl (C=O) groups excluding carboxylic acids is 1. The predicted octanol–water partition coefficient (Wildman–Crippen LogP) is 10.4. The lowest BCUT2D eigenvalue weighted by Gasteiger charge is -2.41. The Hall–Kier alpha value is -5.42. The molecule has 0 saturated heterocycles. The zero-order chi connectivity index (χ0) is 45.5. The van der Waals surface area contributed by atoms with Crippen LogP contribution in [0.4, 0.5) is 93.5 Å². The highest BCUT2D eigenvalue weighted by Gasteiger charge is 2.40. The van der Waals surface area contributed by atoms with Crippen molar-refractivity contribution in [1.29, 1.82) is 0 Å². The summed E-state index contributed by atoms with van der Waals surface area (Å²) in [5, 5.41) is 2.67. The Morgan fingerprint density at radius 1 is 0.383 bits per heavy atom. The molecular weight excluding hydrogens is 885 g/mol. The van der Waals surface area contributed by atoms with Crippen molar-refractivity contribution in [2.75, 3.05) is 5.32 Å². The van der Waals surface area contributed by atoms with E-state index < -0.39 is 170 Å². The number of hydrogen-bond acceptors (Lipinski definition) is 1. The van der Waals surface area contributed by atoms with Crippen LogP contribution in [0.1, 0.15) is 29.2 Å². The van der Waals surface area contributed by atoms with E-state index in [0.29, 0.717) is 0 Å². The third kappa shape index (κ3) is 9.02. The molecule has 0 saturated carbocycles. The summed E-state index contributed by atoms with van der Waals surface area (Å²) in [6, 6.07) is 7.43. The Morgan fingerprint density at radius 3 is 0.750 bits per heavy atom. The first-order chi connectivity index (χ1) is 27.8. The third-order valence-electron chi connectivity index (χ3n) is 8.96. The molecule has 322 valence electrons. The van der Waals surface area contributed by atoms with Crippen LogP contribution in [0.2, 0.25) is 0 Å². The van der Waals surface area contributed by atoms with Gasteiger partial charge in [-0.2, -0.15) is 0 Å². The van der Waals surface area contributed by atoms with E-state index in [-0.39, 0.29) is 5.91 Å². The fourth-order valence-corrected chi connectivity index (χ4v) is 6.41. The maximum absolute atomic E-state index is 14.9. The zero-order valence-electron chi connectivity index (χ0n) is 29.2. The Balaban J connectivity index is 0.000000624. The fourth-order valence-electron chi connectivity index (χ4n) is 6.24. The van der Waals surface area contributed by atoms with Crippen molar-refractivity contribution >= 4 is 30.4 Å². The number of hydrogen-bond donors (Lipinski definition) is 1. The minimum Gasteiger partial charge on any atom is -0.326 e. The SMILES string of the molecule is CC(=O)Nc1ccc([SH2+])cc1.Fc1c(F)c(F)c(C[B-](Cc2c(F)c(F)c(F)c(F)c2F)(Cc2c(F)c(F)c(F)c(F)c2F)Cc2c(F)c(F)c(F)c(F)c2F)c(F)c1F. The van der Waals surface area contributed by atoms with Crippen LogP contribution >= 0.6 is 0 Å². The van der Waals surface area contributed by atoms with Crippen molar-refractivity contribution in [1.82, 2.24) is 0 Å². The molecule has 0 atom stereocenters. The molecule has 1 amide bonds. The fraction of sp³-hybridized carbons (Fsp3) is 0.139. The van der Waals surface area contributed by atoms with Gasteiger partial charge in [0.15, 0.2) is 93.1 Å². The second kappa shape index (κ2) is 18.1. The van der Waals surface area contributed by atoms with E-state index in [0.717, 1.165) is 10.6 Å². The van der Waals surface area contributed by atoms with Crippen LogP contribution in [0, 0.1) is 116 Å². The number of anilines is 1. The third-order valence-corrected chi connectivity index (χ3v) is 9.29. The first kappa shape index (κ1) is 47.3. The van der Waals surface area contributed by atoms with Crippen LogP contribution in [0.5, 0.6) is 0 Å². The number of amides is 1. The average molecular weight is 903 g/mol. The zero-order valence-corrected chi connectivity index (χ0v) is 30.2. The molecule has 0 aliphatic carbocycles. The van der Waals surface area contributed by atoms with Gasteiger partial charge in [0.25, 0.3) is 0 Å². The molecule has 0 aliphatic heterocycles. The molecule has 2 nitrogen and oxygen atoms in total. The van der Waals surface area contributed by atoms with E-state index in [1.807, 2.05) is 24.3 Å². The summed E-state index contributed by atoms with van der Waals surface area (Å²) >= 11 is 3.35. The molecule has 0 unspecified atom stereocenters. The van der Waals surface area contributed by atoms with E-state index in [4.69, 9.17) is 0 Å². The molecule has 0 heterocycles. The quantitative estimate of drug-likeness (QED) is 0.0516. The van der Waals surface area contributed by atoms with Crippen LogP contribution in [-0.2, 0) is 42.7 Å². The standard InChI is InChI=1S/C28H8BF20.C8H9NOS/c30-9-5(10(31)18(39)25(46)17(9)38)1-29(2-6-11(32)19(40)26(47)20(41)12(6)33,3-7-13(34)21(42)27(48)22(43)14(7)35)4-8-15(36)23(44)28(49)24(45)16(8)37;1-6(10)9-7-2-4-8(11)5-3-7/h1-4H2;2-5,11H,1H3,(H,9,10)/q-1;/p+1. The van der Waals surface area contributed by atoms with Crippen LogP contribution < -0.4 is 5.32 Å². The molecule has 0 radical (unpaired) electrons. The highest BCUT2D eigenvalue weighted by Crippen LogP contribution is 2.37. The monoisotopic (exact) mass is 903 g/mol. The summed E-state index contributed by atoms with van der Waals surface area (Å²) in [5.74, 6) is -57.8. The van der Waals surface area contributed by atoms with Gasteiger partial charge < -0.3 is 5.32 Å². The Bertz CT molecular complexity index is 2130. The van der Waals surface area contributed by atoms with Crippen molar-refractivity contribution in [2.24, 2.45) is 0 Å². The largest absolute Gasteiger partial charge is 0.326 e. The van der Waals surface area contributed by atoms with E-state index >= 15 is 0 Å². The maximum Gasteiger partial charge on any atom is 0.221 e. The Labute approximate surface area is 328 Å². The molecule has 5 aromatic carbocycles. The van der Waals surface area contributed by atoms with Crippen molar-refractivity contribution in [3.05, 3.63) is 163 Å². The first-order valence-electron chi connectivity index (χ1n) is 16.1. The van der Waals surface area contributed by atoms with E-state index in [1.54, 1.807) is 0 Å². The molecule has 60 heavy (non-hydrogen) atoms. The molecule has 0 spiro atoms. The topological polar surface area (TPSA) is 29.1 Å². The second-order valence-corrected chi connectivity index (χ2v) is 13.6. The molecule has 1 N–H and O–H groups in total. The molecule has 5 aromatic rings. The van der Waals surface area contributed by atoms with Gasteiger partial charge in [-0.1, -0.05) is 0 Å². The normalized spacial score (nSPS) is 11.5. The molecular formula is C36H18BF20NOS.